The monoisotopic (exact) mass is 934 g/mol. The normalized spacial score (nSPS) is 13.0. The highest BCUT2D eigenvalue weighted by Gasteiger charge is 2.24. The van der Waals surface area contributed by atoms with Crippen LogP contribution in [0.15, 0.2) is 0 Å². The third kappa shape index (κ3) is 49.3. The first kappa shape index (κ1) is 64.9. The molecule has 0 aliphatic heterocycles. The molecule has 0 rings (SSSR count). The highest BCUT2D eigenvalue weighted by Crippen LogP contribution is 2.20. The zero-order chi connectivity index (χ0) is 48.1. The molecule has 0 saturated carbocycles. The van der Waals surface area contributed by atoms with Crippen LogP contribution in [0.25, 0.3) is 0 Å². The molecular formula is C60H119NO5. The molecule has 0 bridgehead atoms. The summed E-state index contributed by atoms with van der Waals surface area (Å²) in [5.41, 5.74) is 0. The molecule has 66 heavy (non-hydrogen) atoms. The Morgan fingerprint density at radius 3 is 0.924 bits per heavy atom. The molecule has 6 heteroatoms. The Balaban J connectivity index is 4.47. The summed E-state index contributed by atoms with van der Waals surface area (Å²) in [7, 11) is 0. The summed E-state index contributed by atoms with van der Waals surface area (Å²) < 4.78 is 5.98. The first-order chi connectivity index (χ1) is 32.5. The van der Waals surface area contributed by atoms with Gasteiger partial charge in [0.1, 0.15) is 6.10 Å². The van der Waals surface area contributed by atoms with Gasteiger partial charge >= 0.3 is 5.97 Å². The molecule has 0 saturated heterocycles. The number of hydrogen-bond donors (Lipinski definition) is 3. The lowest BCUT2D eigenvalue weighted by molar-refractivity contribution is -0.151. The number of ether oxygens (including phenoxy) is 1. The first-order valence-corrected chi connectivity index (χ1v) is 30.3. The van der Waals surface area contributed by atoms with Gasteiger partial charge in [0.15, 0.2) is 0 Å². The Bertz CT molecular complexity index is 959. The predicted molar refractivity (Wildman–Crippen MR) is 287 cm³/mol. The molecule has 0 spiro atoms. The summed E-state index contributed by atoms with van der Waals surface area (Å²) in [5, 5.41) is 23.9. The quantitative estimate of drug-likeness (QED) is 0.0417. The molecule has 0 aromatic rings. The number of carbonyl (C=O) groups is 2. The van der Waals surface area contributed by atoms with Crippen LogP contribution in [0.3, 0.4) is 0 Å². The van der Waals surface area contributed by atoms with Gasteiger partial charge in [0, 0.05) is 6.42 Å². The summed E-state index contributed by atoms with van der Waals surface area (Å²) in [6.45, 7) is 6.55. The van der Waals surface area contributed by atoms with E-state index in [1.165, 1.54) is 263 Å². The topological polar surface area (TPSA) is 95.9 Å². The fraction of sp³-hybridized carbons (Fsp3) is 0.967. The second-order valence-corrected chi connectivity index (χ2v) is 21.1. The van der Waals surface area contributed by atoms with Crippen LogP contribution in [0.5, 0.6) is 0 Å². The molecule has 0 radical (unpaired) electrons. The maximum atomic E-state index is 13.3. The van der Waals surface area contributed by atoms with Gasteiger partial charge in [-0.25, -0.2) is 0 Å². The van der Waals surface area contributed by atoms with Crippen LogP contribution in [-0.2, 0) is 14.3 Å². The van der Waals surface area contributed by atoms with Crippen molar-refractivity contribution in [2.45, 2.75) is 366 Å². The Morgan fingerprint density at radius 1 is 0.379 bits per heavy atom. The maximum absolute atomic E-state index is 13.3. The molecule has 0 aromatic carbocycles. The lowest BCUT2D eigenvalue weighted by atomic mass is 10.0. The van der Waals surface area contributed by atoms with E-state index in [0.29, 0.717) is 19.3 Å². The smallest absolute Gasteiger partial charge is 0.306 e. The summed E-state index contributed by atoms with van der Waals surface area (Å²) in [6.07, 6.45) is 61.7. The van der Waals surface area contributed by atoms with Gasteiger partial charge in [0.2, 0.25) is 5.91 Å². The molecule has 3 unspecified atom stereocenters. The van der Waals surface area contributed by atoms with Crippen molar-refractivity contribution in [3.05, 3.63) is 0 Å². The van der Waals surface area contributed by atoms with E-state index >= 15 is 0 Å². The van der Waals surface area contributed by atoms with Gasteiger partial charge < -0.3 is 20.3 Å². The van der Waals surface area contributed by atoms with Crippen LogP contribution in [0, 0.1) is 0 Å². The highest BCUT2D eigenvalue weighted by molar-refractivity contribution is 5.77. The molecule has 394 valence electrons. The van der Waals surface area contributed by atoms with Gasteiger partial charge in [-0.15, -0.1) is 0 Å². The van der Waals surface area contributed by atoms with Crippen molar-refractivity contribution in [2.24, 2.45) is 0 Å². The largest absolute Gasteiger partial charge is 0.462 e. The number of unbranched alkanes of at least 4 members (excludes halogenated alkanes) is 44. The van der Waals surface area contributed by atoms with E-state index in [1.807, 2.05) is 0 Å². The summed E-state index contributed by atoms with van der Waals surface area (Å²) >= 11 is 0. The van der Waals surface area contributed by atoms with E-state index in [9.17, 15) is 19.8 Å². The van der Waals surface area contributed by atoms with E-state index in [4.69, 9.17) is 4.74 Å². The summed E-state index contributed by atoms with van der Waals surface area (Å²) in [5.74, 6) is -0.442. The number of hydrogen-bond acceptors (Lipinski definition) is 5. The van der Waals surface area contributed by atoms with Crippen LogP contribution < -0.4 is 5.32 Å². The second-order valence-electron chi connectivity index (χ2n) is 21.1. The Kier molecular flexibility index (Phi) is 53.8. The molecule has 0 aliphatic carbocycles. The highest BCUT2D eigenvalue weighted by atomic mass is 16.5. The maximum Gasteiger partial charge on any atom is 0.306 e. The van der Waals surface area contributed by atoms with Crippen molar-refractivity contribution in [1.29, 1.82) is 0 Å². The Hall–Kier alpha value is -1.14. The van der Waals surface area contributed by atoms with Gasteiger partial charge in [-0.1, -0.05) is 310 Å². The predicted octanol–water partition coefficient (Wildman–Crippen LogP) is 18.7. The minimum Gasteiger partial charge on any atom is -0.462 e. The van der Waals surface area contributed by atoms with Gasteiger partial charge in [-0.3, -0.25) is 9.59 Å². The zero-order valence-corrected chi connectivity index (χ0v) is 45.1. The molecule has 0 heterocycles. The van der Waals surface area contributed by atoms with Gasteiger partial charge in [0.05, 0.1) is 25.2 Å². The van der Waals surface area contributed by atoms with E-state index < -0.39 is 18.2 Å². The van der Waals surface area contributed by atoms with Gasteiger partial charge in [0.25, 0.3) is 0 Å². The number of aliphatic hydroxyl groups excluding tert-OH is 2. The van der Waals surface area contributed by atoms with Crippen molar-refractivity contribution in [1.82, 2.24) is 5.32 Å². The standard InChI is InChI=1S/C60H119NO5/c1-4-7-10-13-16-19-22-25-28-29-32-35-38-41-44-47-50-53-60(65)66-56(51-48-45-42-39-36-33-30-26-23-20-17-14-11-8-5-2)54-59(64)61-57(55-62)58(63)52-49-46-43-40-37-34-31-27-24-21-18-15-12-9-6-3/h56-58,62-63H,4-55H2,1-3H3,(H,61,64). The lowest BCUT2D eigenvalue weighted by Gasteiger charge is -2.24. The minimum atomic E-state index is -0.780. The van der Waals surface area contributed by atoms with Crippen molar-refractivity contribution in [3.8, 4) is 0 Å². The summed E-state index contributed by atoms with van der Waals surface area (Å²) in [6, 6.07) is -0.693. The molecule has 0 aromatic heterocycles. The lowest BCUT2D eigenvalue weighted by Crippen LogP contribution is -2.46. The first-order valence-electron chi connectivity index (χ1n) is 30.3. The molecule has 3 atom stereocenters. The van der Waals surface area contributed by atoms with E-state index in [2.05, 4.69) is 26.1 Å². The Labute approximate surface area is 413 Å². The minimum absolute atomic E-state index is 0.0889. The van der Waals surface area contributed by atoms with Crippen LogP contribution >= 0.6 is 0 Å². The van der Waals surface area contributed by atoms with Crippen molar-refractivity contribution in [3.63, 3.8) is 0 Å². The van der Waals surface area contributed by atoms with E-state index in [1.54, 1.807) is 0 Å². The van der Waals surface area contributed by atoms with Crippen LogP contribution in [0.2, 0.25) is 0 Å². The SMILES string of the molecule is CCCCCCCCCCCCCCCCCCCC(=O)OC(CCCCCCCCCCCCCCCCC)CC(=O)NC(CO)C(O)CCCCCCCCCCCCCCCCC. The molecular weight excluding hydrogens is 815 g/mol. The summed E-state index contributed by atoms with van der Waals surface area (Å²) in [4.78, 5) is 26.3. The number of aliphatic hydroxyl groups is 2. The fourth-order valence-corrected chi connectivity index (χ4v) is 9.85. The van der Waals surface area contributed by atoms with Gasteiger partial charge in [-0.2, -0.15) is 0 Å². The number of amides is 1. The number of rotatable bonds is 56. The fourth-order valence-electron chi connectivity index (χ4n) is 9.85. The van der Waals surface area contributed by atoms with E-state index in [-0.39, 0.29) is 24.9 Å². The Morgan fingerprint density at radius 2 is 0.636 bits per heavy atom. The second kappa shape index (κ2) is 54.8. The van der Waals surface area contributed by atoms with Crippen LogP contribution in [0.1, 0.15) is 348 Å². The average Bonchev–Trinajstić information content (AvgIpc) is 3.31. The van der Waals surface area contributed by atoms with Crippen molar-refractivity contribution >= 4 is 11.9 Å². The molecule has 6 nitrogen and oxygen atoms in total. The number of nitrogens with one attached hydrogen (secondary N) is 1. The third-order valence-electron chi connectivity index (χ3n) is 14.4. The third-order valence-corrected chi connectivity index (χ3v) is 14.4. The van der Waals surface area contributed by atoms with Crippen molar-refractivity contribution < 1.29 is 24.5 Å². The van der Waals surface area contributed by atoms with Crippen molar-refractivity contribution in [2.75, 3.05) is 6.61 Å². The number of carbonyl (C=O) groups excluding carboxylic acids is 2. The average molecular weight is 935 g/mol. The van der Waals surface area contributed by atoms with E-state index in [0.717, 1.165) is 38.5 Å². The van der Waals surface area contributed by atoms with Crippen LogP contribution in [-0.4, -0.2) is 46.9 Å². The number of esters is 1. The zero-order valence-electron chi connectivity index (χ0n) is 45.1. The van der Waals surface area contributed by atoms with Crippen LogP contribution in [0.4, 0.5) is 0 Å². The molecule has 3 N–H and O–H groups in total. The molecule has 1 amide bonds. The molecule has 0 fully saturated rings. The van der Waals surface area contributed by atoms with Gasteiger partial charge in [-0.05, 0) is 25.7 Å². The molecule has 0 aliphatic rings.